The highest BCUT2D eigenvalue weighted by atomic mass is 127. The monoisotopic (exact) mass is 543 g/mol. The molecular weight excluding hydrogens is 513 g/mol. The van der Waals surface area contributed by atoms with Crippen molar-refractivity contribution in [3.8, 4) is 17.0 Å². The highest BCUT2D eigenvalue weighted by Crippen LogP contribution is 2.46. The first-order chi connectivity index (χ1) is 15.2. The van der Waals surface area contributed by atoms with Crippen LogP contribution in [0.5, 0.6) is 5.75 Å². The molecule has 6 nitrogen and oxygen atoms in total. The van der Waals surface area contributed by atoms with Gasteiger partial charge < -0.3 is 20.4 Å². The first-order valence-corrected chi connectivity index (χ1v) is 11.1. The highest BCUT2D eigenvalue weighted by Gasteiger charge is 2.43. The first kappa shape index (κ1) is 22.6. The fraction of sp³-hybridized carbons (Fsp3) is 0.360. The van der Waals surface area contributed by atoms with E-state index in [1.807, 2.05) is 31.4 Å². The third-order valence-electron chi connectivity index (χ3n) is 6.38. The Hall–Kier alpha value is -2.55. The fourth-order valence-corrected chi connectivity index (χ4v) is 4.82. The standard InChI is InChI=1S/C25H29N5O.HI/c1-26-24(28-17-23-27-16-21(29-23)18-9-3-2-4-10-18)30-20-15-25(13-7-8-14-25)31-22-12-6-5-11-19(20)22;/h2-6,9-12,16,20H,7-8,13-15,17H2,1H3,(H,27,29)(H2,26,28,30);1H. The number of hydrogen-bond donors (Lipinski definition) is 3. The molecule has 0 radical (unpaired) electrons. The van der Waals surface area contributed by atoms with Crippen LogP contribution in [0.4, 0.5) is 0 Å². The van der Waals surface area contributed by atoms with Gasteiger partial charge >= 0.3 is 0 Å². The molecule has 2 aliphatic rings. The van der Waals surface area contributed by atoms with Crippen molar-refractivity contribution in [3.63, 3.8) is 0 Å². The van der Waals surface area contributed by atoms with Crippen LogP contribution < -0.4 is 15.4 Å². The summed E-state index contributed by atoms with van der Waals surface area (Å²) in [7, 11) is 1.81. The number of halogens is 1. The number of imidazole rings is 1. The average molecular weight is 543 g/mol. The molecule has 168 valence electrons. The summed E-state index contributed by atoms with van der Waals surface area (Å²) in [6.07, 6.45) is 7.57. The van der Waals surface area contributed by atoms with Crippen molar-refractivity contribution in [2.45, 2.75) is 50.3 Å². The van der Waals surface area contributed by atoms with Gasteiger partial charge in [0.15, 0.2) is 5.96 Å². The molecule has 1 aliphatic heterocycles. The lowest BCUT2D eigenvalue weighted by Crippen LogP contribution is -2.46. The molecule has 1 aliphatic carbocycles. The van der Waals surface area contributed by atoms with E-state index in [2.05, 4.69) is 62.0 Å². The summed E-state index contributed by atoms with van der Waals surface area (Å²) < 4.78 is 6.48. The summed E-state index contributed by atoms with van der Waals surface area (Å²) in [6.45, 7) is 0.572. The van der Waals surface area contributed by atoms with Gasteiger partial charge in [0.2, 0.25) is 0 Å². The molecule has 0 saturated heterocycles. The molecule has 32 heavy (non-hydrogen) atoms. The van der Waals surface area contributed by atoms with Crippen LogP contribution in [0.15, 0.2) is 65.8 Å². The summed E-state index contributed by atoms with van der Waals surface area (Å²) >= 11 is 0. The second kappa shape index (κ2) is 9.94. The quantitative estimate of drug-likeness (QED) is 0.241. The number of hydrogen-bond acceptors (Lipinski definition) is 3. The van der Waals surface area contributed by atoms with Crippen molar-refractivity contribution in [2.24, 2.45) is 4.99 Å². The van der Waals surface area contributed by atoms with Gasteiger partial charge in [-0.3, -0.25) is 4.99 Å². The number of aromatic amines is 1. The maximum atomic E-state index is 6.48. The van der Waals surface area contributed by atoms with Gasteiger partial charge in [-0.1, -0.05) is 48.5 Å². The van der Waals surface area contributed by atoms with Crippen LogP contribution in [0.1, 0.15) is 49.5 Å². The number of fused-ring (bicyclic) bond motifs is 1. The van der Waals surface area contributed by atoms with Crippen molar-refractivity contribution in [3.05, 3.63) is 72.2 Å². The summed E-state index contributed by atoms with van der Waals surface area (Å²) in [6, 6.07) is 18.8. The third-order valence-corrected chi connectivity index (χ3v) is 6.38. The van der Waals surface area contributed by atoms with E-state index >= 15 is 0 Å². The zero-order valence-electron chi connectivity index (χ0n) is 18.3. The third kappa shape index (κ3) is 4.77. The Balaban J connectivity index is 0.00000245. The van der Waals surface area contributed by atoms with Gasteiger partial charge in [-0.2, -0.15) is 0 Å². The largest absolute Gasteiger partial charge is 0.487 e. The molecule has 1 saturated carbocycles. The lowest BCUT2D eigenvalue weighted by Gasteiger charge is -2.40. The molecule has 7 heteroatoms. The van der Waals surface area contributed by atoms with Crippen molar-refractivity contribution >= 4 is 29.9 Å². The Morgan fingerprint density at radius 3 is 2.66 bits per heavy atom. The molecule has 3 N–H and O–H groups in total. The van der Waals surface area contributed by atoms with Gasteiger partial charge in [-0.15, -0.1) is 24.0 Å². The smallest absolute Gasteiger partial charge is 0.191 e. The van der Waals surface area contributed by atoms with Gasteiger partial charge in [-0.05, 0) is 37.3 Å². The maximum absolute atomic E-state index is 6.48. The molecule has 1 unspecified atom stereocenters. The van der Waals surface area contributed by atoms with E-state index in [0.29, 0.717) is 6.54 Å². The van der Waals surface area contributed by atoms with E-state index in [0.717, 1.165) is 48.1 Å². The fourth-order valence-electron chi connectivity index (χ4n) is 4.82. The number of para-hydroxylation sites is 1. The molecule has 1 spiro atoms. The summed E-state index contributed by atoms with van der Waals surface area (Å²) in [4.78, 5) is 12.4. The first-order valence-electron chi connectivity index (χ1n) is 11.1. The number of nitrogens with one attached hydrogen (secondary N) is 3. The van der Waals surface area contributed by atoms with Crippen molar-refractivity contribution in [2.75, 3.05) is 7.05 Å². The van der Waals surface area contributed by atoms with Crippen LogP contribution in [0, 0.1) is 0 Å². The lowest BCUT2D eigenvalue weighted by molar-refractivity contribution is 0.0396. The van der Waals surface area contributed by atoms with Gasteiger partial charge in [0.25, 0.3) is 0 Å². The van der Waals surface area contributed by atoms with E-state index in [-0.39, 0.29) is 35.6 Å². The van der Waals surface area contributed by atoms with Crippen molar-refractivity contribution < 1.29 is 4.74 Å². The zero-order valence-corrected chi connectivity index (χ0v) is 20.6. The van der Waals surface area contributed by atoms with E-state index in [1.165, 1.54) is 18.4 Å². The average Bonchev–Trinajstić information content (AvgIpc) is 3.47. The Kier molecular flexibility index (Phi) is 7.03. The second-order valence-electron chi connectivity index (χ2n) is 8.47. The summed E-state index contributed by atoms with van der Waals surface area (Å²) in [5.74, 6) is 2.65. The minimum absolute atomic E-state index is 0. The minimum atomic E-state index is -0.0452. The predicted molar refractivity (Wildman–Crippen MR) is 138 cm³/mol. The van der Waals surface area contributed by atoms with Gasteiger partial charge in [0, 0.05) is 19.0 Å². The van der Waals surface area contributed by atoms with Gasteiger partial charge in [0.05, 0.1) is 24.5 Å². The molecule has 2 aromatic carbocycles. The maximum Gasteiger partial charge on any atom is 0.191 e. The van der Waals surface area contributed by atoms with E-state index in [1.54, 1.807) is 0 Å². The SMILES string of the molecule is CN=C(NCc1ncc(-c2ccccc2)[nH]1)NC1CC2(CCCC2)Oc2ccccc21.I. The van der Waals surface area contributed by atoms with Gasteiger partial charge in [-0.25, -0.2) is 4.98 Å². The number of ether oxygens (including phenoxy) is 1. The molecule has 0 amide bonds. The number of nitrogens with zero attached hydrogens (tertiary/aromatic N) is 2. The molecule has 2 heterocycles. The highest BCUT2D eigenvalue weighted by molar-refractivity contribution is 14.0. The van der Waals surface area contributed by atoms with Crippen LogP contribution in [0.25, 0.3) is 11.3 Å². The molecule has 1 fully saturated rings. The molecule has 3 aromatic rings. The number of guanidine groups is 1. The minimum Gasteiger partial charge on any atom is -0.487 e. The Morgan fingerprint density at radius 1 is 1.12 bits per heavy atom. The summed E-state index contributed by atoms with van der Waals surface area (Å²) in [5, 5.41) is 7.05. The second-order valence-corrected chi connectivity index (χ2v) is 8.47. The normalized spacial score (nSPS) is 19.0. The van der Waals surface area contributed by atoms with Crippen LogP contribution in [-0.4, -0.2) is 28.6 Å². The van der Waals surface area contributed by atoms with Crippen LogP contribution in [0.2, 0.25) is 0 Å². The van der Waals surface area contributed by atoms with Crippen LogP contribution >= 0.6 is 24.0 Å². The number of H-pyrrole nitrogens is 1. The Labute approximate surface area is 206 Å². The van der Waals surface area contributed by atoms with Crippen molar-refractivity contribution in [1.29, 1.82) is 0 Å². The van der Waals surface area contributed by atoms with E-state index < -0.39 is 0 Å². The van der Waals surface area contributed by atoms with Crippen LogP contribution in [-0.2, 0) is 6.54 Å². The molecule has 0 bridgehead atoms. The van der Waals surface area contributed by atoms with Crippen molar-refractivity contribution in [1.82, 2.24) is 20.6 Å². The Morgan fingerprint density at radius 2 is 1.88 bits per heavy atom. The lowest BCUT2D eigenvalue weighted by atomic mass is 9.86. The number of aliphatic imine (C=N–C) groups is 1. The number of rotatable bonds is 4. The number of aromatic nitrogens is 2. The Bertz CT molecular complexity index is 1060. The van der Waals surface area contributed by atoms with E-state index in [4.69, 9.17) is 4.74 Å². The molecular formula is C25H30IN5O. The topological polar surface area (TPSA) is 74.3 Å². The number of benzene rings is 2. The molecule has 5 rings (SSSR count). The van der Waals surface area contributed by atoms with Crippen LogP contribution in [0.3, 0.4) is 0 Å². The zero-order chi connectivity index (χ0) is 21.1. The molecule has 1 atom stereocenters. The molecule has 1 aromatic heterocycles. The van der Waals surface area contributed by atoms with Gasteiger partial charge in [0.1, 0.15) is 17.2 Å². The predicted octanol–water partition coefficient (Wildman–Crippen LogP) is 5.20. The van der Waals surface area contributed by atoms with E-state index in [9.17, 15) is 0 Å². The summed E-state index contributed by atoms with van der Waals surface area (Å²) in [5.41, 5.74) is 3.30.